The van der Waals surface area contributed by atoms with Gasteiger partial charge in [0.1, 0.15) is 0 Å². The average Bonchev–Trinajstić information content (AvgIpc) is 2.69. The molecule has 0 spiro atoms. The Morgan fingerprint density at radius 1 is 1.26 bits per heavy atom. The topological polar surface area (TPSA) is 35.5 Å². The first-order valence-electron chi connectivity index (χ1n) is 6.36. The summed E-state index contributed by atoms with van der Waals surface area (Å²) in [7, 11) is 0. The Bertz CT molecular complexity index is 452. The monoisotopic (exact) mass is 326 g/mol. The Hall–Kier alpha value is -0.870. The molecular formula is C15H19BrO3. The van der Waals surface area contributed by atoms with Gasteiger partial charge in [-0.25, -0.2) is 4.79 Å². The van der Waals surface area contributed by atoms with E-state index in [4.69, 9.17) is 9.47 Å². The second-order valence-electron chi connectivity index (χ2n) is 6.01. The second-order valence-corrected chi connectivity index (χ2v) is 6.57. The maximum absolute atomic E-state index is 12.2. The SMILES string of the molecule is CC(C)(C)[C@@H]1OC(=O)[C@@](CBr)(Cc2ccccc2)O1. The third kappa shape index (κ3) is 3.00. The van der Waals surface area contributed by atoms with Crippen molar-refractivity contribution in [1.82, 2.24) is 0 Å². The summed E-state index contributed by atoms with van der Waals surface area (Å²) in [6.07, 6.45) is 0.0195. The molecule has 104 valence electrons. The molecule has 0 N–H and O–H groups in total. The van der Waals surface area contributed by atoms with Crippen LogP contribution < -0.4 is 0 Å². The molecule has 1 aliphatic rings. The number of carbonyl (C=O) groups is 1. The molecule has 19 heavy (non-hydrogen) atoms. The van der Waals surface area contributed by atoms with Crippen LogP contribution in [0.1, 0.15) is 26.3 Å². The second kappa shape index (κ2) is 5.25. The summed E-state index contributed by atoms with van der Waals surface area (Å²) in [6, 6.07) is 9.85. The average molecular weight is 327 g/mol. The number of benzene rings is 1. The molecule has 2 atom stereocenters. The van der Waals surface area contributed by atoms with Gasteiger partial charge in [-0.3, -0.25) is 0 Å². The van der Waals surface area contributed by atoms with Crippen LogP contribution in [0, 0.1) is 5.41 Å². The normalized spacial score (nSPS) is 27.4. The summed E-state index contributed by atoms with van der Waals surface area (Å²) in [5.41, 5.74) is -0.0799. The van der Waals surface area contributed by atoms with Crippen LogP contribution in [-0.4, -0.2) is 23.2 Å². The van der Waals surface area contributed by atoms with Crippen molar-refractivity contribution < 1.29 is 14.3 Å². The van der Waals surface area contributed by atoms with Gasteiger partial charge in [-0.05, 0) is 5.56 Å². The van der Waals surface area contributed by atoms with Crippen molar-refractivity contribution in [1.29, 1.82) is 0 Å². The predicted octanol–water partition coefficient (Wildman–Crippen LogP) is 3.31. The van der Waals surface area contributed by atoms with Crippen molar-refractivity contribution in [2.75, 3.05) is 5.33 Å². The number of rotatable bonds is 3. The van der Waals surface area contributed by atoms with Crippen molar-refractivity contribution in [3.05, 3.63) is 35.9 Å². The third-order valence-electron chi connectivity index (χ3n) is 3.17. The van der Waals surface area contributed by atoms with E-state index < -0.39 is 11.9 Å². The molecule has 4 heteroatoms. The first kappa shape index (κ1) is 14.5. The van der Waals surface area contributed by atoms with Crippen molar-refractivity contribution in [2.45, 2.75) is 39.1 Å². The van der Waals surface area contributed by atoms with E-state index in [1.54, 1.807) is 0 Å². The number of hydrogen-bond acceptors (Lipinski definition) is 3. The molecular weight excluding hydrogens is 308 g/mol. The highest BCUT2D eigenvalue weighted by Crippen LogP contribution is 2.37. The lowest BCUT2D eigenvalue weighted by molar-refractivity contribution is -0.155. The highest BCUT2D eigenvalue weighted by molar-refractivity contribution is 9.09. The van der Waals surface area contributed by atoms with Crippen molar-refractivity contribution in [3.63, 3.8) is 0 Å². The molecule has 0 radical (unpaired) electrons. The van der Waals surface area contributed by atoms with E-state index in [0.29, 0.717) is 11.8 Å². The fourth-order valence-electron chi connectivity index (χ4n) is 2.01. The zero-order valence-corrected chi connectivity index (χ0v) is 13.1. The van der Waals surface area contributed by atoms with E-state index in [1.165, 1.54) is 0 Å². The largest absolute Gasteiger partial charge is 0.433 e. The summed E-state index contributed by atoms with van der Waals surface area (Å²) in [5.74, 6) is -0.284. The van der Waals surface area contributed by atoms with Crippen LogP contribution in [-0.2, 0) is 20.7 Å². The standard InChI is InChI=1S/C15H19BrO3/c1-14(2,3)13-18-12(17)15(10-16,19-13)9-11-7-5-4-6-8-11/h4-8,13H,9-10H2,1-3H3/t13-,15+/m1/s1. The van der Waals surface area contributed by atoms with Crippen LogP contribution in [0.3, 0.4) is 0 Å². The fraction of sp³-hybridized carbons (Fsp3) is 0.533. The third-order valence-corrected chi connectivity index (χ3v) is 4.08. The molecule has 0 aliphatic carbocycles. The zero-order valence-electron chi connectivity index (χ0n) is 11.5. The molecule has 1 heterocycles. The summed E-state index contributed by atoms with van der Waals surface area (Å²) in [6.45, 7) is 5.99. The van der Waals surface area contributed by atoms with Crippen LogP contribution >= 0.6 is 15.9 Å². The van der Waals surface area contributed by atoms with Crippen LogP contribution in [0.15, 0.2) is 30.3 Å². The lowest BCUT2D eigenvalue weighted by atomic mass is 9.95. The summed E-state index contributed by atoms with van der Waals surface area (Å²) in [5, 5.41) is 0.431. The predicted molar refractivity (Wildman–Crippen MR) is 77.1 cm³/mol. The van der Waals surface area contributed by atoms with Gasteiger partial charge in [0.25, 0.3) is 0 Å². The minimum Gasteiger partial charge on any atom is -0.433 e. The first-order chi connectivity index (χ1) is 8.87. The molecule has 2 rings (SSSR count). The molecule has 1 aliphatic heterocycles. The van der Waals surface area contributed by atoms with E-state index in [9.17, 15) is 4.79 Å². The Balaban J connectivity index is 2.22. The minimum atomic E-state index is -0.917. The van der Waals surface area contributed by atoms with E-state index in [1.807, 2.05) is 51.1 Å². The van der Waals surface area contributed by atoms with Gasteiger partial charge in [-0.15, -0.1) is 0 Å². The van der Waals surface area contributed by atoms with Crippen molar-refractivity contribution in [3.8, 4) is 0 Å². The number of cyclic esters (lactones) is 1. The van der Waals surface area contributed by atoms with Crippen molar-refractivity contribution in [2.24, 2.45) is 5.41 Å². The van der Waals surface area contributed by atoms with Gasteiger partial charge in [0.2, 0.25) is 6.29 Å². The van der Waals surface area contributed by atoms with Crippen LogP contribution in [0.2, 0.25) is 0 Å². The quantitative estimate of drug-likeness (QED) is 0.631. The summed E-state index contributed by atoms with van der Waals surface area (Å²) < 4.78 is 11.4. The molecule has 1 aromatic rings. The van der Waals surface area contributed by atoms with Crippen molar-refractivity contribution >= 4 is 21.9 Å². The molecule has 0 saturated carbocycles. The van der Waals surface area contributed by atoms with E-state index in [0.717, 1.165) is 5.56 Å². The van der Waals surface area contributed by atoms with Gasteiger partial charge >= 0.3 is 5.97 Å². The molecule has 1 fully saturated rings. The van der Waals surface area contributed by atoms with Gasteiger partial charge in [-0.2, -0.15) is 0 Å². The van der Waals surface area contributed by atoms with Crippen LogP contribution in [0.4, 0.5) is 0 Å². The van der Waals surface area contributed by atoms with E-state index >= 15 is 0 Å². The summed E-state index contributed by atoms with van der Waals surface area (Å²) in [4.78, 5) is 12.2. The number of hydrogen-bond donors (Lipinski definition) is 0. The number of carbonyl (C=O) groups excluding carboxylic acids is 1. The van der Waals surface area contributed by atoms with Gasteiger partial charge in [-0.1, -0.05) is 67.0 Å². The summed E-state index contributed by atoms with van der Waals surface area (Å²) >= 11 is 3.40. The molecule has 1 saturated heterocycles. The molecule has 0 aromatic heterocycles. The molecule has 0 unspecified atom stereocenters. The van der Waals surface area contributed by atoms with Gasteiger partial charge < -0.3 is 9.47 Å². The van der Waals surface area contributed by atoms with Gasteiger partial charge in [0.15, 0.2) is 5.60 Å². The lowest BCUT2D eigenvalue weighted by Crippen LogP contribution is -2.41. The zero-order chi connectivity index (χ0) is 14.1. The van der Waals surface area contributed by atoms with Gasteiger partial charge in [0, 0.05) is 17.2 Å². The number of alkyl halides is 1. The first-order valence-corrected chi connectivity index (χ1v) is 7.48. The molecule has 0 amide bonds. The maximum Gasteiger partial charge on any atom is 0.342 e. The minimum absolute atomic E-state index is 0.226. The number of ether oxygens (including phenoxy) is 2. The Morgan fingerprint density at radius 3 is 2.37 bits per heavy atom. The smallest absolute Gasteiger partial charge is 0.342 e. The van der Waals surface area contributed by atoms with Crippen LogP contribution in [0.5, 0.6) is 0 Å². The fourth-order valence-corrected chi connectivity index (χ4v) is 2.57. The van der Waals surface area contributed by atoms with E-state index in [2.05, 4.69) is 15.9 Å². The number of esters is 1. The van der Waals surface area contributed by atoms with Crippen LogP contribution in [0.25, 0.3) is 0 Å². The highest BCUT2D eigenvalue weighted by atomic mass is 79.9. The van der Waals surface area contributed by atoms with Gasteiger partial charge in [0.05, 0.1) is 0 Å². The van der Waals surface area contributed by atoms with E-state index in [-0.39, 0.29) is 11.4 Å². The Labute approximate surface area is 122 Å². The maximum atomic E-state index is 12.2. The number of halogens is 1. The highest BCUT2D eigenvalue weighted by Gasteiger charge is 2.52. The Morgan fingerprint density at radius 2 is 1.89 bits per heavy atom. The Kier molecular flexibility index (Phi) is 4.02. The molecule has 3 nitrogen and oxygen atoms in total. The molecule has 1 aromatic carbocycles. The lowest BCUT2D eigenvalue weighted by Gasteiger charge is -2.27. The molecule has 0 bridgehead atoms.